The normalized spacial score (nSPS) is 16.7. The van der Waals surface area contributed by atoms with E-state index in [0.717, 1.165) is 0 Å². The Bertz CT molecular complexity index is 317. The monoisotopic (exact) mass is 201 g/mol. The summed E-state index contributed by atoms with van der Waals surface area (Å²) in [5, 5.41) is 7.59. The lowest BCUT2D eigenvalue weighted by Crippen LogP contribution is -2.39. The molecule has 0 aromatic carbocycles. The molecule has 5 nitrogen and oxygen atoms in total. The van der Waals surface area contributed by atoms with E-state index in [-0.39, 0.29) is 11.3 Å². The molecular weight excluding hydrogens is 194 g/mol. The first-order chi connectivity index (χ1) is 6.25. The number of halogens is 1. The van der Waals surface area contributed by atoms with Crippen LogP contribution >= 0.6 is 11.6 Å². The summed E-state index contributed by atoms with van der Waals surface area (Å²) in [6.45, 7) is 1.15. The Labute approximate surface area is 79.8 Å². The van der Waals surface area contributed by atoms with Crippen molar-refractivity contribution in [2.45, 2.75) is 6.10 Å². The summed E-state index contributed by atoms with van der Waals surface area (Å²) >= 11 is 5.57. The lowest BCUT2D eigenvalue weighted by Gasteiger charge is -2.26. The van der Waals surface area contributed by atoms with Crippen LogP contribution in [0.4, 0.5) is 5.69 Å². The number of aromatic nitrogens is 2. The molecule has 2 heterocycles. The summed E-state index contributed by atoms with van der Waals surface area (Å²) in [5.41, 5.74) is 5.99. The Morgan fingerprint density at radius 2 is 2.31 bits per heavy atom. The molecule has 1 fully saturated rings. The molecule has 1 saturated heterocycles. The fourth-order valence-corrected chi connectivity index (χ4v) is 1.06. The first-order valence-corrected chi connectivity index (χ1v) is 4.16. The number of hydrogen-bond acceptors (Lipinski definition) is 5. The number of nitrogens with zero attached hydrogens (tertiary/aromatic N) is 2. The average molecular weight is 202 g/mol. The third-order valence-corrected chi connectivity index (χ3v) is 1.83. The second-order valence-corrected chi connectivity index (χ2v) is 3.09. The average Bonchev–Trinajstić information content (AvgIpc) is 1.99. The van der Waals surface area contributed by atoms with Crippen LogP contribution in [0.15, 0.2) is 6.07 Å². The van der Waals surface area contributed by atoms with Gasteiger partial charge in [0.1, 0.15) is 6.10 Å². The molecule has 0 bridgehead atoms. The first kappa shape index (κ1) is 8.52. The molecule has 1 aliphatic heterocycles. The van der Waals surface area contributed by atoms with Crippen LogP contribution in [0.5, 0.6) is 5.88 Å². The molecule has 1 aromatic heterocycles. The fourth-order valence-electron chi connectivity index (χ4n) is 0.901. The van der Waals surface area contributed by atoms with E-state index in [1.165, 1.54) is 6.07 Å². The lowest BCUT2D eigenvalue weighted by molar-refractivity contribution is -0.0813. The van der Waals surface area contributed by atoms with Gasteiger partial charge < -0.3 is 15.2 Å². The second kappa shape index (κ2) is 3.35. The molecule has 1 aliphatic rings. The summed E-state index contributed by atoms with van der Waals surface area (Å²) in [7, 11) is 0. The lowest BCUT2D eigenvalue weighted by atomic mass is 10.3. The molecule has 6 heteroatoms. The van der Waals surface area contributed by atoms with E-state index in [4.69, 9.17) is 26.8 Å². The maximum Gasteiger partial charge on any atom is 0.257 e. The van der Waals surface area contributed by atoms with Gasteiger partial charge in [-0.15, -0.1) is 10.2 Å². The Morgan fingerprint density at radius 1 is 1.54 bits per heavy atom. The Hall–Kier alpha value is -1.07. The minimum atomic E-state index is 0.0396. The summed E-state index contributed by atoms with van der Waals surface area (Å²) in [4.78, 5) is 0. The van der Waals surface area contributed by atoms with Crippen LogP contribution in [0.25, 0.3) is 0 Å². The first-order valence-electron chi connectivity index (χ1n) is 3.79. The highest BCUT2D eigenvalue weighted by Crippen LogP contribution is 2.22. The van der Waals surface area contributed by atoms with Gasteiger partial charge in [0.25, 0.3) is 5.88 Å². The second-order valence-electron chi connectivity index (χ2n) is 2.70. The summed E-state index contributed by atoms with van der Waals surface area (Å²) < 4.78 is 10.3. The van der Waals surface area contributed by atoms with Gasteiger partial charge >= 0.3 is 0 Å². The molecule has 13 heavy (non-hydrogen) atoms. The van der Waals surface area contributed by atoms with Crippen LogP contribution in [-0.2, 0) is 4.74 Å². The molecule has 0 saturated carbocycles. The zero-order valence-electron chi connectivity index (χ0n) is 6.74. The van der Waals surface area contributed by atoms with Gasteiger partial charge in [0.2, 0.25) is 0 Å². The number of hydrogen-bond donors (Lipinski definition) is 1. The van der Waals surface area contributed by atoms with Crippen LogP contribution in [0, 0.1) is 0 Å². The van der Waals surface area contributed by atoms with Gasteiger partial charge in [0.15, 0.2) is 5.15 Å². The molecule has 0 spiro atoms. The summed E-state index contributed by atoms with van der Waals surface area (Å²) in [5.74, 6) is 0.317. The van der Waals surface area contributed by atoms with Crippen molar-refractivity contribution in [3.05, 3.63) is 11.2 Å². The Kier molecular flexibility index (Phi) is 2.20. The van der Waals surface area contributed by atoms with Gasteiger partial charge in [0.05, 0.1) is 18.9 Å². The third-order valence-electron chi connectivity index (χ3n) is 1.64. The van der Waals surface area contributed by atoms with Gasteiger partial charge in [-0.25, -0.2) is 0 Å². The zero-order valence-corrected chi connectivity index (χ0v) is 7.49. The number of nitrogens with two attached hydrogens (primary N) is 1. The largest absolute Gasteiger partial charge is 0.467 e. The van der Waals surface area contributed by atoms with E-state index in [2.05, 4.69) is 10.2 Å². The molecule has 0 radical (unpaired) electrons. The summed E-state index contributed by atoms with van der Waals surface area (Å²) in [6, 6.07) is 1.50. The standard InChI is InChI=1S/C7H8ClN3O2/c8-6-1-5(9)7(11-10-6)13-4-2-12-3-4/h1,4H,2-3H2,(H2,9,10). The molecule has 2 N–H and O–H groups in total. The van der Waals surface area contributed by atoms with Crippen molar-refractivity contribution in [1.82, 2.24) is 10.2 Å². The van der Waals surface area contributed by atoms with Gasteiger partial charge in [-0.05, 0) is 0 Å². The topological polar surface area (TPSA) is 70.3 Å². The number of anilines is 1. The van der Waals surface area contributed by atoms with Crippen LogP contribution in [-0.4, -0.2) is 29.5 Å². The van der Waals surface area contributed by atoms with E-state index in [9.17, 15) is 0 Å². The highest BCUT2D eigenvalue weighted by atomic mass is 35.5. The van der Waals surface area contributed by atoms with Crippen molar-refractivity contribution < 1.29 is 9.47 Å². The number of ether oxygens (including phenoxy) is 2. The number of rotatable bonds is 2. The van der Waals surface area contributed by atoms with Crippen molar-refractivity contribution in [2.24, 2.45) is 0 Å². The van der Waals surface area contributed by atoms with E-state index in [0.29, 0.717) is 24.8 Å². The third kappa shape index (κ3) is 1.81. The van der Waals surface area contributed by atoms with Gasteiger partial charge in [-0.1, -0.05) is 11.6 Å². The maximum atomic E-state index is 5.60. The minimum absolute atomic E-state index is 0.0396. The molecule has 70 valence electrons. The number of nitrogen functional groups attached to an aromatic ring is 1. The van der Waals surface area contributed by atoms with E-state index >= 15 is 0 Å². The molecule has 0 unspecified atom stereocenters. The van der Waals surface area contributed by atoms with E-state index in [1.54, 1.807) is 0 Å². The smallest absolute Gasteiger partial charge is 0.257 e. The summed E-state index contributed by atoms with van der Waals surface area (Å²) in [6.07, 6.45) is 0.0396. The van der Waals surface area contributed by atoms with E-state index < -0.39 is 0 Å². The van der Waals surface area contributed by atoms with Crippen LogP contribution in [0.1, 0.15) is 0 Å². The zero-order chi connectivity index (χ0) is 9.26. The molecule has 2 rings (SSSR count). The predicted octanol–water partition coefficient (Wildman–Crippen LogP) is 0.490. The van der Waals surface area contributed by atoms with Crippen LogP contribution in [0.3, 0.4) is 0 Å². The quantitative estimate of drug-likeness (QED) is 0.754. The highest BCUT2D eigenvalue weighted by molar-refractivity contribution is 6.29. The highest BCUT2D eigenvalue weighted by Gasteiger charge is 2.21. The van der Waals surface area contributed by atoms with Crippen LogP contribution < -0.4 is 10.5 Å². The predicted molar refractivity (Wildman–Crippen MR) is 46.7 cm³/mol. The van der Waals surface area contributed by atoms with E-state index in [1.807, 2.05) is 0 Å². The van der Waals surface area contributed by atoms with Gasteiger partial charge in [-0.2, -0.15) is 0 Å². The maximum absolute atomic E-state index is 5.60. The fraction of sp³-hybridized carbons (Fsp3) is 0.429. The molecule has 1 aromatic rings. The van der Waals surface area contributed by atoms with Gasteiger partial charge in [0, 0.05) is 6.07 Å². The van der Waals surface area contributed by atoms with Crippen molar-refractivity contribution in [2.75, 3.05) is 18.9 Å². The molecule has 0 aliphatic carbocycles. The minimum Gasteiger partial charge on any atom is -0.467 e. The Morgan fingerprint density at radius 3 is 2.85 bits per heavy atom. The molecule has 0 amide bonds. The van der Waals surface area contributed by atoms with Crippen molar-refractivity contribution in [3.8, 4) is 5.88 Å². The van der Waals surface area contributed by atoms with Crippen molar-refractivity contribution in [1.29, 1.82) is 0 Å². The molecular formula is C7H8ClN3O2. The van der Waals surface area contributed by atoms with Gasteiger partial charge in [-0.3, -0.25) is 0 Å². The van der Waals surface area contributed by atoms with Crippen LogP contribution in [0.2, 0.25) is 5.15 Å². The SMILES string of the molecule is Nc1cc(Cl)nnc1OC1COC1. The Balaban J connectivity index is 2.10. The van der Waals surface area contributed by atoms with Crippen molar-refractivity contribution >= 4 is 17.3 Å². The molecule has 0 atom stereocenters. The van der Waals surface area contributed by atoms with Crippen molar-refractivity contribution in [3.63, 3.8) is 0 Å².